The molecule has 5 rings (SSSR count). The van der Waals surface area contributed by atoms with E-state index < -0.39 is 0 Å². The largest absolute Gasteiger partial charge is 0.302 e. The topological polar surface area (TPSA) is 84.8 Å². The lowest BCUT2D eigenvalue weighted by atomic mass is 10.0. The lowest BCUT2D eigenvalue weighted by molar-refractivity contribution is 0.0991. The van der Waals surface area contributed by atoms with Crippen molar-refractivity contribution in [2.24, 2.45) is 0 Å². The van der Waals surface area contributed by atoms with Crippen LogP contribution in [0, 0.1) is 0 Å². The average molecular weight is 429 g/mol. The summed E-state index contributed by atoms with van der Waals surface area (Å²) in [6.45, 7) is 1.90. The Bertz CT molecular complexity index is 1280. The van der Waals surface area contributed by atoms with Crippen LogP contribution in [0.15, 0.2) is 54.2 Å². The van der Waals surface area contributed by atoms with E-state index in [1.165, 1.54) is 16.9 Å². The van der Waals surface area contributed by atoms with Crippen LogP contribution in [0.25, 0.3) is 27.0 Å². The Hall–Kier alpha value is -3.36. The Balaban J connectivity index is 1.38. The second-order valence-electron chi connectivity index (χ2n) is 7.62. The summed E-state index contributed by atoms with van der Waals surface area (Å²) >= 11 is 1.48. The number of carbonyl (C=O) groups excluding carboxylic acids is 1. The van der Waals surface area contributed by atoms with E-state index in [9.17, 15) is 4.79 Å². The minimum atomic E-state index is 0.00565. The predicted octanol–water partition coefficient (Wildman–Crippen LogP) is 3.69. The summed E-state index contributed by atoms with van der Waals surface area (Å²) in [6, 6.07) is 11.5. The number of fused-ring (bicyclic) bond motifs is 1. The molecular formula is C23H20N6OS. The van der Waals surface area contributed by atoms with Crippen LogP contribution < -0.4 is 0 Å². The SMILES string of the molecule is CN1CC=C(c2cc(C(=O)Cc3cc4cc(-c5nncs5)ccc4nn3)ccn2)CC1. The van der Waals surface area contributed by atoms with Crippen LogP contribution in [0.5, 0.6) is 0 Å². The minimum absolute atomic E-state index is 0.00565. The number of Topliss-reactive ketones (excluding diaryl/α,β-unsaturated/α-hetero) is 1. The van der Waals surface area contributed by atoms with Crippen molar-refractivity contribution in [3.63, 3.8) is 0 Å². The van der Waals surface area contributed by atoms with Gasteiger partial charge in [-0.15, -0.1) is 10.2 Å². The Morgan fingerprint density at radius 1 is 1.13 bits per heavy atom. The molecule has 1 aliphatic heterocycles. The molecule has 0 N–H and O–H groups in total. The normalized spacial score (nSPS) is 14.5. The van der Waals surface area contributed by atoms with Gasteiger partial charge in [0.15, 0.2) is 5.78 Å². The Morgan fingerprint density at radius 3 is 2.87 bits per heavy atom. The second kappa shape index (κ2) is 8.41. The van der Waals surface area contributed by atoms with Gasteiger partial charge in [0.25, 0.3) is 0 Å². The third-order valence-electron chi connectivity index (χ3n) is 5.41. The van der Waals surface area contributed by atoms with Gasteiger partial charge >= 0.3 is 0 Å². The fourth-order valence-corrected chi connectivity index (χ4v) is 4.21. The number of aromatic nitrogens is 5. The number of rotatable bonds is 5. The van der Waals surface area contributed by atoms with Gasteiger partial charge in [-0.1, -0.05) is 17.4 Å². The standard InChI is InChI=1S/C23H20N6OS/c1-29-8-5-15(6-9-29)21-12-16(4-7-24-21)22(30)13-19-11-18-10-17(23-28-25-14-31-23)2-3-20(18)27-26-19/h2-5,7,10-12,14H,6,8-9,13H2,1H3. The number of benzene rings is 1. The highest BCUT2D eigenvalue weighted by Gasteiger charge is 2.15. The summed E-state index contributed by atoms with van der Waals surface area (Å²) in [5.41, 5.74) is 6.83. The summed E-state index contributed by atoms with van der Waals surface area (Å²) in [4.78, 5) is 19.7. The van der Waals surface area contributed by atoms with E-state index in [-0.39, 0.29) is 12.2 Å². The van der Waals surface area contributed by atoms with Crippen LogP contribution in [-0.2, 0) is 6.42 Å². The fraction of sp³-hybridized carbons (Fsp3) is 0.217. The molecule has 4 heterocycles. The van der Waals surface area contributed by atoms with Gasteiger partial charge in [0, 0.05) is 35.8 Å². The Labute approximate surface area is 183 Å². The van der Waals surface area contributed by atoms with Crippen molar-refractivity contribution in [1.82, 2.24) is 30.3 Å². The first-order chi connectivity index (χ1) is 15.2. The third-order valence-corrected chi connectivity index (χ3v) is 6.15. The minimum Gasteiger partial charge on any atom is -0.302 e. The molecule has 3 aromatic heterocycles. The monoisotopic (exact) mass is 428 g/mol. The third kappa shape index (κ3) is 4.26. The lowest BCUT2D eigenvalue weighted by Gasteiger charge is -2.21. The zero-order valence-electron chi connectivity index (χ0n) is 17.0. The highest BCUT2D eigenvalue weighted by Crippen LogP contribution is 2.25. The molecule has 4 aromatic rings. The molecule has 0 saturated carbocycles. The van der Waals surface area contributed by atoms with E-state index in [0.29, 0.717) is 11.3 Å². The first kappa shape index (κ1) is 19.6. The average Bonchev–Trinajstić information content (AvgIpc) is 3.34. The molecule has 0 bridgehead atoms. The Morgan fingerprint density at radius 2 is 2.06 bits per heavy atom. The van der Waals surface area contributed by atoms with E-state index in [0.717, 1.165) is 46.7 Å². The first-order valence-corrected chi connectivity index (χ1v) is 10.9. The van der Waals surface area contributed by atoms with E-state index >= 15 is 0 Å². The van der Waals surface area contributed by atoms with Crippen LogP contribution in [0.1, 0.15) is 28.2 Å². The maximum Gasteiger partial charge on any atom is 0.169 e. The van der Waals surface area contributed by atoms with Crippen molar-refractivity contribution in [2.75, 3.05) is 20.1 Å². The van der Waals surface area contributed by atoms with Gasteiger partial charge in [-0.2, -0.15) is 10.2 Å². The highest BCUT2D eigenvalue weighted by molar-refractivity contribution is 7.12. The predicted molar refractivity (Wildman–Crippen MR) is 121 cm³/mol. The molecule has 154 valence electrons. The smallest absolute Gasteiger partial charge is 0.169 e. The van der Waals surface area contributed by atoms with E-state index in [1.54, 1.807) is 17.8 Å². The number of carbonyl (C=O) groups is 1. The van der Waals surface area contributed by atoms with Crippen molar-refractivity contribution in [1.29, 1.82) is 0 Å². The van der Waals surface area contributed by atoms with Crippen molar-refractivity contribution in [2.45, 2.75) is 12.8 Å². The van der Waals surface area contributed by atoms with Crippen molar-refractivity contribution in [3.05, 3.63) is 71.1 Å². The number of pyridine rings is 1. The zero-order chi connectivity index (χ0) is 21.2. The number of likely N-dealkylation sites (N-methyl/N-ethyl adjacent to an activating group) is 1. The van der Waals surface area contributed by atoms with Crippen LogP contribution in [0.3, 0.4) is 0 Å². The summed E-state index contributed by atoms with van der Waals surface area (Å²) in [6.07, 6.45) is 5.03. The van der Waals surface area contributed by atoms with Gasteiger partial charge < -0.3 is 4.90 Å². The van der Waals surface area contributed by atoms with Crippen LogP contribution >= 0.6 is 11.3 Å². The van der Waals surface area contributed by atoms with Crippen molar-refractivity contribution in [3.8, 4) is 10.6 Å². The first-order valence-electron chi connectivity index (χ1n) is 10.1. The van der Waals surface area contributed by atoms with Gasteiger partial charge in [-0.3, -0.25) is 9.78 Å². The van der Waals surface area contributed by atoms with Gasteiger partial charge in [-0.25, -0.2) is 0 Å². The second-order valence-corrected chi connectivity index (χ2v) is 8.46. The van der Waals surface area contributed by atoms with Gasteiger partial charge in [-0.05, 0) is 55.4 Å². The summed E-state index contributed by atoms with van der Waals surface area (Å²) in [5.74, 6) is 0.00565. The molecule has 7 nitrogen and oxygen atoms in total. The number of nitrogens with zero attached hydrogens (tertiary/aromatic N) is 6. The molecule has 0 unspecified atom stereocenters. The summed E-state index contributed by atoms with van der Waals surface area (Å²) < 4.78 is 0. The molecule has 0 amide bonds. The number of ketones is 1. The highest BCUT2D eigenvalue weighted by atomic mass is 32.1. The van der Waals surface area contributed by atoms with Crippen molar-refractivity contribution >= 4 is 33.6 Å². The molecule has 0 saturated heterocycles. The molecule has 0 spiro atoms. The summed E-state index contributed by atoms with van der Waals surface area (Å²) in [5, 5.41) is 18.3. The molecule has 1 aliphatic rings. The van der Waals surface area contributed by atoms with Crippen LogP contribution in [0.2, 0.25) is 0 Å². The molecular weight excluding hydrogens is 408 g/mol. The number of hydrogen-bond donors (Lipinski definition) is 0. The molecule has 1 aromatic carbocycles. The Kier molecular flexibility index (Phi) is 5.31. The molecule has 0 aliphatic carbocycles. The molecule has 0 atom stereocenters. The molecule has 8 heteroatoms. The van der Waals surface area contributed by atoms with E-state index in [4.69, 9.17) is 0 Å². The maximum absolute atomic E-state index is 13.0. The van der Waals surface area contributed by atoms with E-state index in [2.05, 4.69) is 43.4 Å². The van der Waals surface area contributed by atoms with Gasteiger partial charge in [0.05, 0.1) is 23.3 Å². The quantitative estimate of drug-likeness (QED) is 0.448. The maximum atomic E-state index is 13.0. The van der Waals surface area contributed by atoms with Crippen molar-refractivity contribution < 1.29 is 4.79 Å². The lowest BCUT2D eigenvalue weighted by Crippen LogP contribution is -2.23. The van der Waals surface area contributed by atoms with Crippen LogP contribution in [0.4, 0.5) is 0 Å². The van der Waals surface area contributed by atoms with Gasteiger partial charge in [0.2, 0.25) is 0 Å². The zero-order valence-corrected chi connectivity index (χ0v) is 17.8. The van der Waals surface area contributed by atoms with Gasteiger partial charge in [0.1, 0.15) is 10.5 Å². The molecule has 31 heavy (non-hydrogen) atoms. The molecule has 0 fully saturated rings. The summed E-state index contributed by atoms with van der Waals surface area (Å²) in [7, 11) is 2.10. The molecule has 0 radical (unpaired) electrons. The van der Waals surface area contributed by atoms with Crippen LogP contribution in [-0.4, -0.2) is 56.2 Å². The fourth-order valence-electron chi connectivity index (χ4n) is 3.66. The van der Waals surface area contributed by atoms with E-state index in [1.807, 2.05) is 30.3 Å². The number of hydrogen-bond acceptors (Lipinski definition) is 8.